The number of hydrogen-bond donors (Lipinski definition) is 1. The number of aliphatic carboxylic acids is 1. The number of benzene rings is 1. The predicted molar refractivity (Wildman–Crippen MR) is 72.0 cm³/mol. The molecule has 0 radical (unpaired) electrons. The van der Waals surface area contributed by atoms with Crippen LogP contribution in [0, 0.1) is 11.3 Å². The summed E-state index contributed by atoms with van der Waals surface area (Å²) in [6.07, 6.45) is -0.235. The van der Waals surface area contributed by atoms with Gasteiger partial charge in [0.2, 0.25) is 0 Å². The van der Waals surface area contributed by atoms with Crippen LogP contribution in [0.4, 0.5) is 0 Å². The van der Waals surface area contributed by atoms with Gasteiger partial charge in [0.1, 0.15) is 4.75 Å². The maximum absolute atomic E-state index is 10.7. The minimum absolute atomic E-state index is 0.235. The Morgan fingerprint density at radius 3 is 2.59 bits per heavy atom. The smallest absolute Gasteiger partial charge is 0.305 e. The zero-order valence-corrected chi connectivity index (χ0v) is 10.8. The summed E-state index contributed by atoms with van der Waals surface area (Å²) in [6.45, 7) is 1.58. The summed E-state index contributed by atoms with van der Waals surface area (Å²) in [5.74, 6) is -1.00. The fraction of sp³-hybridized carbons (Fsp3) is 0.250. The summed E-state index contributed by atoms with van der Waals surface area (Å²) < 4.78 is -0.491. The lowest BCUT2D eigenvalue weighted by Crippen LogP contribution is -2.23. The van der Waals surface area contributed by atoms with Crippen molar-refractivity contribution in [3.63, 3.8) is 0 Å². The highest BCUT2D eigenvalue weighted by atomic mass is 32.2. The van der Waals surface area contributed by atoms with Gasteiger partial charge in [0.25, 0.3) is 0 Å². The van der Waals surface area contributed by atoms with Gasteiger partial charge in [-0.3, -0.25) is 4.79 Å². The Morgan fingerprint density at radius 2 is 2.12 bits per heavy atom. The van der Waals surface area contributed by atoms with E-state index in [0.29, 0.717) is 4.20 Å². The van der Waals surface area contributed by atoms with Crippen LogP contribution < -0.4 is 0 Å². The molecule has 0 saturated carbocycles. The van der Waals surface area contributed by atoms with Gasteiger partial charge in [-0.15, -0.1) is 0 Å². The van der Waals surface area contributed by atoms with E-state index >= 15 is 0 Å². The molecule has 0 fully saturated rings. The summed E-state index contributed by atoms with van der Waals surface area (Å²) in [5.41, 5.74) is 0.833. The third kappa shape index (κ3) is 4.17. The SMILES string of the molecule is CC(C#N)(CC(=O)O)SC(=S)c1ccccc1. The molecule has 0 aliphatic heterocycles. The summed E-state index contributed by atoms with van der Waals surface area (Å²) >= 11 is 6.32. The molecule has 1 aromatic carbocycles. The van der Waals surface area contributed by atoms with Gasteiger partial charge >= 0.3 is 5.97 Å². The Kier molecular flexibility index (Phi) is 4.67. The Balaban J connectivity index is 2.80. The van der Waals surface area contributed by atoms with Crippen LogP contribution in [0.15, 0.2) is 30.3 Å². The Hall–Kier alpha value is -1.38. The van der Waals surface area contributed by atoms with E-state index < -0.39 is 10.7 Å². The van der Waals surface area contributed by atoms with Crippen LogP contribution in [-0.4, -0.2) is 20.0 Å². The summed E-state index contributed by atoms with van der Waals surface area (Å²) in [5, 5.41) is 17.8. The number of hydrogen-bond acceptors (Lipinski definition) is 4. The van der Waals surface area contributed by atoms with Crippen molar-refractivity contribution in [2.24, 2.45) is 0 Å². The molecular formula is C12H11NO2S2. The van der Waals surface area contributed by atoms with E-state index in [1.807, 2.05) is 36.4 Å². The van der Waals surface area contributed by atoms with E-state index in [-0.39, 0.29) is 6.42 Å². The fourth-order valence-corrected chi connectivity index (χ4v) is 2.82. The first-order chi connectivity index (χ1) is 7.97. The molecular weight excluding hydrogens is 254 g/mol. The molecule has 88 valence electrons. The first-order valence-electron chi connectivity index (χ1n) is 4.88. The molecule has 0 aromatic heterocycles. The number of carboxylic acid groups (broad SMARTS) is 1. The highest BCUT2D eigenvalue weighted by molar-refractivity contribution is 8.24. The summed E-state index contributed by atoms with van der Waals surface area (Å²) in [4.78, 5) is 10.7. The third-order valence-corrected chi connectivity index (χ3v) is 3.65. The van der Waals surface area contributed by atoms with Crippen LogP contribution in [0.1, 0.15) is 18.9 Å². The van der Waals surface area contributed by atoms with Crippen molar-refractivity contribution >= 4 is 34.1 Å². The van der Waals surface area contributed by atoms with Crippen LogP contribution in [0.2, 0.25) is 0 Å². The topological polar surface area (TPSA) is 61.1 Å². The molecule has 0 aliphatic carbocycles. The number of carbonyl (C=O) groups is 1. The molecule has 1 aromatic rings. The Morgan fingerprint density at radius 1 is 1.53 bits per heavy atom. The number of carboxylic acids is 1. The maximum Gasteiger partial charge on any atom is 0.305 e. The monoisotopic (exact) mass is 265 g/mol. The van der Waals surface area contributed by atoms with E-state index in [9.17, 15) is 4.79 Å². The van der Waals surface area contributed by atoms with Crippen LogP contribution in [0.3, 0.4) is 0 Å². The lowest BCUT2D eigenvalue weighted by molar-refractivity contribution is -0.137. The standard InChI is InChI=1S/C12H11NO2S2/c1-12(8-13,7-10(14)15)17-11(16)9-5-3-2-4-6-9/h2-6H,7H2,1H3,(H,14,15). The molecule has 0 spiro atoms. The van der Waals surface area contributed by atoms with Gasteiger partial charge in [-0.2, -0.15) is 5.26 Å². The first-order valence-corrected chi connectivity index (χ1v) is 6.11. The van der Waals surface area contributed by atoms with E-state index in [2.05, 4.69) is 0 Å². The molecule has 0 saturated heterocycles. The maximum atomic E-state index is 10.7. The lowest BCUT2D eigenvalue weighted by atomic mass is 10.1. The number of nitrogens with zero attached hydrogens (tertiary/aromatic N) is 1. The van der Waals surface area contributed by atoms with E-state index in [1.165, 1.54) is 0 Å². The van der Waals surface area contributed by atoms with Crippen LogP contribution in [0.5, 0.6) is 0 Å². The molecule has 17 heavy (non-hydrogen) atoms. The largest absolute Gasteiger partial charge is 0.481 e. The average molecular weight is 265 g/mol. The molecule has 1 unspecified atom stereocenters. The van der Waals surface area contributed by atoms with Gasteiger partial charge in [0.05, 0.1) is 16.7 Å². The van der Waals surface area contributed by atoms with Crippen molar-refractivity contribution in [3.8, 4) is 6.07 Å². The van der Waals surface area contributed by atoms with Crippen LogP contribution in [0.25, 0.3) is 0 Å². The minimum atomic E-state index is -1.03. The lowest BCUT2D eigenvalue weighted by Gasteiger charge is -2.18. The van der Waals surface area contributed by atoms with Crippen LogP contribution in [-0.2, 0) is 4.79 Å². The zero-order valence-electron chi connectivity index (χ0n) is 9.21. The minimum Gasteiger partial charge on any atom is -0.481 e. The van der Waals surface area contributed by atoms with Crippen molar-refractivity contribution < 1.29 is 9.90 Å². The first kappa shape index (κ1) is 13.7. The van der Waals surface area contributed by atoms with Gasteiger partial charge in [0, 0.05) is 0 Å². The second-order valence-corrected chi connectivity index (χ2v) is 5.85. The van der Waals surface area contributed by atoms with E-state index in [0.717, 1.165) is 17.3 Å². The number of nitriles is 1. The summed E-state index contributed by atoms with van der Waals surface area (Å²) in [7, 11) is 0. The molecule has 1 atom stereocenters. The van der Waals surface area contributed by atoms with Crippen molar-refractivity contribution in [2.45, 2.75) is 18.1 Å². The number of rotatable bonds is 4. The fourth-order valence-electron chi connectivity index (χ4n) is 1.22. The zero-order chi connectivity index (χ0) is 12.9. The normalized spacial score (nSPS) is 13.4. The van der Waals surface area contributed by atoms with Crippen molar-refractivity contribution in [2.75, 3.05) is 0 Å². The number of thiocarbonyl (C=S) groups is 1. The molecule has 0 heterocycles. The van der Waals surface area contributed by atoms with Gasteiger partial charge in [0.15, 0.2) is 0 Å². The predicted octanol–water partition coefficient (Wildman–Crippen LogP) is 2.85. The van der Waals surface area contributed by atoms with Gasteiger partial charge in [-0.25, -0.2) is 0 Å². The highest BCUT2D eigenvalue weighted by Gasteiger charge is 2.30. The van der Waals surface area contributed by atoms with Gasteiger partial charge in [-0.1, -0.05) is 54.3 Å². The molecule has 3 nitrogen and oxygen atoms in total. The third-order valence-electron chi connectivity index (χ3n) is 2.05. The molecule has 0 aliphatic rings. The molecule has 0 bridgehead atoms. The second-order valence-electron chi connectivity index (χ2n) is 3.67. The molecule has 1 N–H and O–H groups in total. The van der Waals surface area contributed by atoms with E-state index in [4.69, 9.17) is 22.6 Å². The summed E-state index contributed by atoms with van der Waals surface area (Å²) in [6, 6.07) is 11.3. The van der Waals surface area contributed by atoms with Crippen LogP contribution >= 0.6 is 24.0 Å². The number of thioether (sulfide) groups is 1. The molecule has 1 rings (SSSR count). The average Bonchev–Trinajstić information content (AvgIpc) is 2.29. The van der Waals surface area contributed by atoms with Crippen molar-refractivity contribution in [3.05, 3.63) is 35.9 Å². The van der Waals surface area contributed by atoms with Gasteiger partial charge < -0.3 is 5.11 Å². The Bertz CT molecular complexity index is 467. The van der Waals surface area contributed by atoms with E-state index in [1.54, 1.807) is 6.92 Å². The molecule has 0 amide bonds. The quantitative estimate of drug-likeness (QED) is 0.848. The van der Waals surface area contributed by atoms with Crippen molar-refractivity contribution in [1.82, 2.24) is 0 Å². The van der Waals surface area contributed by atoms with Crippen molar-refractivity contribution in [1.29, 1.82) is 5.26 Å². The highest BCUT2D eigenvalue weighted by Crippen LogP contribution is 2.31. The van der Waals surface area contributed by atoms with Gasteiger partial charge in [-0.05, 0) is 12.5 Å². The second kappa shape index (κ2) is 5.80. The Labute approximate surface area is 109 Å². The molecule has 5 heteroatoms.